The van der Waals surface area contributed by atoms with Crippen molar-refractivity contribution < 1.29 is 154 Å². The van der Waals surface area contributed by atoms with Gasteiger partial charge in [-0.15, -0.1) is 12.1 Å². The Balaban J connectivity index is 0.000000849. The number of aromatic amines is 1. The van der Waals surface area contributed by atoms with Crippen molar-refractivity contribution >= 4 is 219 Å². The molecule has 0 aliphatic heterocycles. The predicted molar refractivity (Wildman–Crippen MR) is 516 cm³/mol. The maximum absolute atomic E-state index is 13.4. The van der Waals surface area contributed by atoms with Crippen LogP contribution in [0.5, 0.6) is 11.5 Å². The Hall–Kier alpha value is -7.64. The van der Waals surface area contributed by atoms with E-state index in [1.165, 1.54) is 104 Å². The molecule has 10 nitrogen and oxygen atoms in total. The number of nitrogens with one attached hydrogen (secondary N) is 2. The molecule has 143 heavy (non-hydrogen) atoms. The maximum atomic E-state index is 13.4. The molecule has 0 spiro atoms. The average molecular weight is 2560 g/mol. The third-order valence-electron chi connectivity index (χ3n) is 18.6. The molecular weight excluding hydrogens is 2490 g/mol. The number of hydrogen-bond acceptors (Lipinski definition) is 8. The molecule has 1 unspecified atom stereocenters. The van der Waals surface area contributed by atoms with E-state index >= 15 is 0 Å². The number of methoxy groups -OCH3 is 1. The van der Waals surface area contributed by atoms with Crippen LogP contribution in [0.3, 0.4) is 0 Å². The second kappa shape index (κ2) is 56.7. The van der Waals surface area contributed by atoms with Crippen molar-refractivity contribution in [2.45, 2.75) is 97.5 Å². The number of anilines is 1. The van der Waals surface area contributed by atoms with Gasteiger partial charge in [-0.3, -0.25) is 14.4 Å². The number of carbonyl (C=O) groups is 3. The molecular formula is C95H65Br6Cl6F24Mg2N3O7. The molecule has 13 rings (SSSR count). The first-order valence-electron chi connectivity index (χ1n) is 38.6. The first-order chi connectivity index (χ1) is 64.7. The number of benzene rings is 12. The summed E-state index contributed by atoms with van der Waals surface area (Å²) in [5.74, 6) is -4.24. The van der Waals surface area contributed by atoms with Crippen LogP contribution in [-0.4, -0.2) is 86.7 Å². The number of hydrogen-bond donors (Lipinski definition) is 3. The number of H-pyrrole nitrogens is 1. The van der Waals surface area contributed by atoms with Gasteiger partial charge in [0, 0.05) is 45.4 Å². The number of alkyl halides is 18. The van der Waals surface area contributed by atoms with Crippen LogP contribution in [0, 0.1) is 82.5 Å². The summed E-state index contributed by atoms with van der Waals surface area (Å²) in [6.07, 6.45) is -27.2. The molecule has 0 radical (unpaired) electrons. The number of aldehydes is 1. The van der Waals surface area contributed by atoms with E-state index in [4.69, 9.17) is 74.3 Å². The average Bonchev–Trinajstić information content (AvgIpc) is 0.775. The molecule has 0 saturated carbocycles. The van der Waals surface area contributed by atoms with Gasteiger partial charge >= 0.3 is 89.1 Å². The summed E-state index contributed by atoms with van der Waals surface area (Å²) >= 11 is 48.9. The molecule has 1 amide bonds. The fourth-order valence-electron chi connectivity index (χ4n) is 11.7. The number of aromatic nitrogens is 2. The molecule has 0 saturated heterocycles. The summed E-state index contributed by atoms with van der Waals surface area (Å²) in [7, 11) is 1.07. The van der Waals surface area contributed by atoms with Crippen LogP contribution < -0.4 is 32.6 Å². The van der Waals surface area contributed by atoms with E-state index < -0.39 is 137 Å². The van der Waals surface area contributed by atoms with Crippen molar-refractivity contribution in [3.63, 3.8) is 0 Å². The fraction of sp³-hybridized carbons (Fsp3) is 0.168. The number of carbonyl (C=O) groups excluding carboxylic acids is 3. The molecule has 13 aromatic rings. The fourth-order valence-corrected chi connectivity index (χ4v) is 16.0. The molecule has 0 fully saturated rings. The number of aliphatic hydroxyl groups is 1. The van der Waals surface area contributed by atoms with Gasteiger partial charge < -0.3 is 39.7 Å². The van der Waals surface area contributed by atoms with Gasteiger partial charge in [0.2, 0.25) is 0 Å². The molecule has 1 atom stereocenters. The van der Waals surface area contributed by atoms with E-state index in [-0.39, 0.29) is 154 Å². The Morgan fingerprint density at radius 3 is 1.27 bits per heavy atom. The summed E-state index contributed by atoms with van der Waals surface area (Å²) in [5, 5.41) is 15.6. The molecule has 1 aromatic heterocycles. The van der Waals surface area contributed by atoms with Crippen molar-refractivity contribution in [1.82, 2.24) is 10.2 Å². The number of rotatable bonds is 12. The molecule has 0 aliphatic rings. The predicted octanol–water partition coefficient (Wildman–Crippen LogP) is 31.3. The van der Waals surface area contributed by atoms with E-state index in [9.17, 15) is 130 Å². The summed E-state index contributed by atoms with van der Waals surface area (Å²) in [6.45, 7) is 10.1. The number of aryl methyl sites for hydroxylation is 6. The topological polar surface area (TPSA) is 148 Å². The normalized spacial score (nSPS) is 11.3. The minimum Gasteiger partial charge on any atom is -1.00 e. The summed E-state index contributed by atoms with van der Waals surface area (Å²) in [5.41, 5.74) is -1.12. The molecule has 0 aliphatic carbocycles. The summed E-state index contributed by atoms with van der Waals surface area (Å²) < 4.78 is 319. The summed E-state index contributed by atoms with van der Waals surface area (Å²) in [6, 6.07) is 40.7. The van der Waals surface area contributed by atoms with Gasteiger partial charge in [-0.05, 0) is 260 Å². The van der Waals surface area contributed by atoms with Crippen LogP contribution in [0.4, 0.5) is 111 Å². The summed E-state index contributed by atoms with van der Waals surface area (Å²) in [4.78, 5) is 46.2. The second-order valence-electron chi connectivity index (χ2n) is 29.0. The third-order valence-corrected chi connectivity index (χ3v) is 24.0. The largest absolute Gasteiger partial charge is 2.00 e. The van der Waals surface area contributed by atoms with Crippen molar-refractivity contribution in [2.75, 3.05) is 12.4 Å². The van der Waals surface area contributed by atoms with Crippen LogP contribution in [-0.2, 0) is 54.6 Å². The third kappa shape index (κ3) is 40.1. The number of amides is 1. The van der Waals surface area contributed by atoms with Crippen LogP contribution >= 0.6 is 149 Å². The SMILES string of the molecule is COC(=O)c1cc(Cl)c(C(F)(F)F)cc1Oc1ccc(F)cc1C.Cc1[c-]ccc(F)c1.Cc1cc(F)ccc1Br.Cc1cc(F)ccc1C(O)c1cc(C(F)(F)F)c(Cl)cc1Br.Cc1cc(F)ccc1Cc1cc(C(F)(F)F)c(Cl)cc1Br.Cc1cc(F)ccc1Cc1cc(C(F)(F)F)c(Cl)cc1C(=O)Nc1cn[nH]c(=O)c1.FC(F)(F)c1ccc(Br)cc1Cl.O=Cc1cc(C(F)(F)F)c(Cl)cc1Br.[Br-].[H-].[H-].[Mg+2].[Mg+2]. The minimum absolute atomic E-state index is 0. The van der Waals surface area contributed by atoms with Gasteiger partial charge in [0.05, 0.1) is 82.5 Å². The Bertz CT molecular complexity index is 6710. The van der Waals surface area contributed by atoms with Crippen molar-refractivity contribution in [1.29, 1.82) is 0 Å². The number of esters is 1. The number of nitrogens with zero attached hydrogens (tertiary/aromatic N) is 1. The molecule has 1 heterocycles. The Morgan fingerprint density at radius 2 is 0.832 bits per heavy atom. The molecule has 12 aromatic carbocycles. The molecule has 758 valence electrons. The van der Waals surface area contributed by atoms with E-state index in [0.29, 0.717) is 66.3 Å². The zero-order chi connectivity index (χ0) is 106. The molecule has 0 bridgehead atoms. The van der Waals surface area contributed by atoms with Crippen molar-refractivity contribution in [2.24, 2.45) is 0 Å². The van der Waals surface area contributed by atoms with E-state index in [1.807, 2.05) is 13.8 Å². The van der Waals surface area contributed by atoms with Crippen LogP contribution in [0.25, 0.3) is 0 Å². The van der Waals surface area contributed by atoms with E-state index in [2.05, 4.69) is 106 Å². The number of halogens is 36. The van der Waals surface area contributed by atoms with Crippen LogP contribution in [0.15, 0.2) is 227 Å². The Kier molecular flexibility index (Phi) is 51.3. The standard InChI is InChI=1S/C20H14ClF4N3O2.C16H11ClF4O3.C15H10BrClF4O.C15H10BrClF4.C8H3BrClF3O.C7H3BrClF3.C7H6BrF.C7H6F.BrH.2Mg.2H/c1-10-4-13(22)3-2-11(10)5-12-6-16(20(23,24)25)17(21)8-15(12)19(30)27-14-7-18(29)28-26-9-14;1-8-5-9(18)3-4-13(8)24-14-7-11(16(19,20)21)12(17)6-10(14)15(22)23-2;1-7-4-8(18)2-3-9(7)14(22)10-5-11(15(19,20)21)13(17)6-12(10)16;1-8-4-11(18)3-2-9(8)5-10-6-12(15(19,20)21)14(17)7-13(10)16;9-6-2-7(10)5(8(11,12)13)1-4(6)3-14;8-4-1-2-5(6(9)3-4)7(10,11)12;1-5-4-6(9)2-3-7(5)8;1-6-3-2-4-7(8)5-6;;;;;/h2-4,6-9H,5H2,1H3,(H2,27,28,29,30);3-7H,1-2H3;2-6,14,22H,1H3;2-4,6-7H,5H2,1H3;1-3H;1-3H;2-4H,1H3;2,4-5H,1H3;1H;;;;/q;;;;;;;-1;;2*+2;2*-1/p-1. The van der Waals surface area contributed by atoms with Gasteiger partial charge in [-0.25, -0.2) is 36.2 Å². The Morgan fingerprint density at radius 1 is 0.427 bits per heavy atom. The second-order valence-corrected chi connectivity index (χ2v) is 35.7. The van der Waals surface area contributed by atoms with Gasteiger partial charge in [0.1, 0.15) is 52.3 Å². The van der Waals surface area contributed by atoms with Crippen molar-refractivity contribution in [3.05, 3.63) is 421 Å². The number of ether oxygens (including phenoxy) is 2. The Labute approximate surface area is 917 Å². The zero-order valence-electron chi connectivity index (χ0n) is 75.5. The quantitative estimate of drug-likeness (QED) is 0.0360. The van der Waals surface area contributed by atoms with E-state index in [0.717, 1.165) is 101 Å². The monoisotopic (exact) mass is 2550 g/mol. The minimum atomic E-state index is -4.73. The number of aliphatic hydroxyl groups excluding tert-OH is 1. The maximum Gasteiger partial charge on any atom is 2.00 e. The zero-order valence-corrected chi connectivity index (χ0v) is 90.4. The van der Waals surface area contributed by atoms with Gasteiger partial charge in [-0.2, -0.15) is 102 Å². The van der Waals surface area contributed by atoms with Gasteiger partial charge in [0.25, 0.3) is 11.5 Å². The molecule has 3 N–H and O–H groups in total. The van der Waals surface area contributed by atoms with Gasteiger partial charge in [0.15, 0.2) is 6.29 Å². The first-order valence-corrected chi connectivity index (χ1v) is 44.8. The van der Waals surface area contributed by atoms with Crippen LogP contribution in [0.1, 0.15) is 140 Å². The van der Waals surface area contributed by atoms with Crippen LogP contribution in [0.2, 0.25) is 30.1 Å². The van der Waals surface area contributed by atoms with Gasteiger partial charge in [-0.1, -0.05) is 174 Å². The smallest absolute Gasteiger partial charge is 1.00 e. The first kappa shape index (κ1) is 130. The van der Waals surface area contributed by atoms with Crippen molar-refractivity contribution in [3.8, 4) is 11.5 Å². The van der Waals surface area contributed by atoms with E-state index in [1.54, 1.807) is 39.0 Å². The molecule has 48 heteroatoms.